The Kier molecular flexibility index (Phi) is 2.51. The fraction of sp³-hybridized carbons (Fsp3) is 0.222. The van der Waals surface area contributed by atoms with Crippen LogP contribution in [0.3, 0.4) is 0 Å². The molecule has 15 heavy (non-hydrogen) atoms. The first-order valence-electron chi connectivity index (χ1n) is 4.34. The summed E-state index contributed by atoms with van der Waals surface area (Å²) in [5.41, 5.74) is 0.535. The smallest absolute Gasteiger partial charge is 0.309 e. The van der Waals surface area contributed by atoms with Crippen molar-refractivity contribution in [2.75, 3.05) is 0 Å². The Morgan fingerprint density at radius 1 is 1.67 bits per heavy atom. The summed E-state index contributed by atoms with van der Waals surface area (Å²) in [5, 5.41) is 15.5. The molecule has 0 aliphatic carbocycles. The molecule has 5 nitrogen and oxygen atoms in total. The second kappa shape index (κ2) is 3.82. The van der Waals surface area contributed by atoms with Gasteiger partial charge in [0.1, 0.15) is 0 Å². The zero-order chi connectivity index (χ0) is 10.8. The van der Waals surface area contributed by atoms with Crippen molar-refractivity contribution < 1.29 is 9.90 Å². The Hall–Kier alpha value is -1.69. The molecule has 0 fully saturated rings. The van der Waals surface area contributed by atoms with Gasteiger partial charge in [0.05, 0.1) is 17.1 Å². The second-order valence-electron chi connectivity index (χ2n) is 3.05. The minimum Gasteiger partial charge on any atom is -0.481 e. The molecule has 0 atom stereocenters. The molecule has 2 heterocycles. The molecule has 78 valence electrons. The van der Waals surface area contributed by atoms with Gasteiger partial charge in [0.25, 0.3) is 0 Å². The van der Waals surface area contributed by atoms with Gasteiger partial charge in [-0.05, 0) is 13.0 Å². The third kappa shape index (κ3) is 2.21. The summed E-state index contributed by atoms with van der Waals surface area (Å²) in [7, 11) is 0. The van der Waals surface area contributed by atoms with Crippen LogP contribution in [-0.4, -0.2) is 25.8 Å². The number of aliphatic carboxylic acids is 1. The van der Waals surface area contributed by atoms with Gasteiger partial charge < -0.3 is 5.11 Å². The van der Waals surface area contributed by atoms with E-state index in [2.05, 4.69) is 10.1 Å². The predicted octanol–water partition coefficient (Wildman–Crippen LogP) is 1.26. The highest BCUT2D eigenvalue weighted by molar-refractivity contribution is 7.09. The molecule has 0 bridgehead atoms. The molecule has 0 radical (unpaired) electrons. The van der Waals surface area contributed by atoms with Crippen molar-refractivity contribution in [3.8, 4) is 5.82 Å². The van der Waals surface area contributed by atoms with Crippen molar-refractivity contribution >= 4 is 17.3 Å². The maximum absolute atomic E-state index is 10.5. The van der Waals surface area contributed by atoms with Gasteiger partial charge in [0.2, 0.25) is 0 Å². The van der Waals surface area contributed by atoms with Crippen molar-refractivity contribution in [3.05, 3.63) is 28.3 Å². The van der Waals surface area contributed by atoms with Crippen molar-refractivity contribution in [1.82, 2.24) is 14.8 Å². The summed E-state index contributed by atoms with van der Waals surface area (Å²) >= 11 is 1.53. The number of carboxylic acid groups (broad SMARTS) is 1. The lowest BCUT2D eigenvalue weighted by Crippen LogP contribution is -2.02. The molecular weight excluding hydrogens is 214 g/mol. The minimum atomic E-state index is -0.880. The first-order valence-corrected chi connectivity index (χ1v) is 5.22. The largest absolute Gasteiger partial charge is 0.481 e. The van der Waals surface area contributed by atoms with Gasteiger partial charge in [-0.25, -0.2) is 9.67 Å². The average molecular weight is 223 g/mol. The summed E-state index contributed by atoms with van der Waals surface area (Å²) in [6.45, 7) is 1.91. The van der Waals surface area contributed by atoms with E-state index in [1.807, 2.05) is 12.3 Å². The number of carboxylic acids is 1. The normalized spacial score (nSPS) is 10.5. The van der Waals surface area contributed by atoms with Crippen LogP contribution in [0.15, 0.2) is 17.6 Å². The molecule has 6 heteroatoms. The topological polar surface area (TPSA) is 68.0 Å². The van der Waals surface area contributed by atoms with Crippen LogP contribution in [0.25, 0.3) is 5.82 Å². The number of carbonyl (C=O) groups is 1. The van der Waals surface area contributed by atoms with E-state index in [0.29, 0.717) is 5.69 Å². The Morgan fingerprint density at radius 3 is 3.07 bits per heavy atom. The lowest BCUT2D eigenvalue weighted by atomic mass is 10.3. The molecule has 0 aliphatic heterocycles. The van der Waals surface area contributed by atoms with Crippen LogP contribution < -0.4 is 0 Å². The molecule has 2 aromatic heterocycles. The minimum absolute atomic E-state index is 0.0594. The fourth-order valence-corrected chi connectivity index (χ4v) is 1.78. The van der Waals surface area contributed by atoms with Gasteiger partial charge in [-0.1, -0.05) is 0 Å². The van der Waals surface area contributed by atoms with Gasteiger partial charge >= 0.3 is 5.97 Å². The summed E-state index contributed by atoms with van der Waals surface area (Å²) < 4.78 is 1.59. The molecule has 0 saturated carbocycles. The number of hydrogen-bond acceptors (Lipinski definition) is 4. The van der Waals surface area contributed by atoms with Crippen molar-refractivity contribution in [1.29, 1.82) is 0 Å². The quantitative estimate of drug-likeness (QED) is 0.850. The van der Waals surface area contributed by atoms with Crippen molar-refractivity contribution in [3.63, 3.8) is 0 Å². The van der Waals surface area contributed by atoms with Gasteiger partial charge in [-0.15, -0.1) is 11.3 Å². The molecule has 1 N–H and O–H groups in total. The Bertz CT molecular complexity index is 489. The third-order valence-corrected chi connectivity index (χ3v) is 2.58. The van der Waals surface area contributed by atoms with Crippen LogP contribution in [0.2, 0.25) is 0 Å². The summed E-state index contributed by atoms with van der Waals surface area (Å²) in [5.74, 6) is -0.149. The van der Waals surface area contributed by atoms with Crippen molar-refractivity contribution in [2.45, 2.75) is 13.3 Å². The molecule has 0 amide bonds. The monoisotopic (exact) mass is 223 g/mol. The third-order valence-electron chi connectivity index (χ3n) is 1.82. The maximum atomic E-state index is 10.5. The van der Waals surface area contributed by atoms with Crippen molar-refractivity contribution in [2.24, 2.45) is 0 Å². The number of aromatic nitrogens is 3. The van der Waals surface area contributed by atoms with E-state index in [1.54, 1.807) is 16.9 Å². The molecule has 0 unspecified atom stereocenters. The average Bonchev–Trinajstić information content (AvgIpc) is 2.72. The molecule has 0 spiro atoms. The zero-order valence-electron chi connectivity index (χ0n) is 8.04. The molecule has 2 aromatic rings. The summed E-state index contributed by atoms with van der Waals surface area (Å²) in [4.78, 5) is 14.7. The fourth-order valence-electron chi connectivity index (χ4n) is 1.20. The number of aryl methyl sites for hydroxylation is 1. The highest BCUT2D eigenvalue weighted by Gasteiger charge is 2.06. The van der Waals surface area contributed by atoms with Gasteiger partial charge in [-0.2, -0.15) is 5.10 Å². The first kappa shape index (κ1) is 9.85. The van der Waals surface area contributed by atoms with Gasteiger partial charge in [0.15, 0.2) is 5.82 Å². The van der Waals surface area contributed by atoms with E-state index in [0.717, 1.165) is 10.8 Å². The van der Waals surface area contributed by atoms with Gasteiger partial charge in [0, 0.05) is 11.6 Å². The SMILES string of the molecule is Cc1nc(-n2ccc(CC(=O)O)n2)cs1. The van der Waals surface area contributed by atoms with Crippen LogP contribution in [0.5, 0.6) is 0 Å². The Morgan fingerprint density at radius 2 is 2.47 bits per heavy atom. The van der Waals surface area contributed by atoms with E-state index in [4.69, 9.17) is 5.11 Å². The van der Waals surface area contributed by atoms with E-state index in [-0.39, 0.29) is 6.42 Å². The highest BCUT2D eigenvalue weighted by Crippen LogP contribution is 2.12. The van der Waals surface area contributed by atoms with E-state index >= 15 is 0 Å². The van der Waals surface area contributed by atoms with Crippen LogP contribution in [0, 0.1) is 6.92 Å². The second-order valence-corrected chi connectivity index (χ2v) is 4.11. The van der Waals surface area contributed by atoms with Crippen LogP contribution in [0.4, 0.5) is 0 Å². The number of hydrogen-bond donors (Lipinski definition) is 1. The molecule has 0 saturated heterocycles. The van der Waals surface area contributed by atoms with Gasteiger partial charge in [-0.3, -0.25) is 4.79 Å². The lowest BCUT2D eigenvalue weighted by Gasteiger charge is -1.93. The number of rotatable bonds is 3. The highest BCUT2D eigenvalue weighted by atomic mass is 32.1. The number of nitrogens with zero attached hydrogens (tertiary/aromatic N) is 3. The van der Waals surface area contributed by atoms with Crippen LogP contribution in [0.1, 0.15) is 10.7 Å². The maximum Gasteiger partial charge on any atom is 0.309 e. The molecule has 0 aliphatic rings. The van der Waals surface area contributed by atoms with Crippen LogP contribution in [-0.2, 0) is 11.2 Å². The summed E-state index contributed by atoms with van der Waals surface area (Å²) in [6, 6.07) is 1.68. The zero-order valence-corrected chi connectivity index (χ0v) is 8.86. The summed E-state index contributed by atoms with van der Waals surface area (Å²) in [6.07, 6.45) is 1.66. The molecular formula is C9H9N3O2S. The van der Waals surface area contributed by atoms with E-state index in [9.17, 15) is 4.79 Å². The number of thiazole rings is 1. The Balaban J connectivity index is 2.23. The van der Waals surface area contributed by atoms with Crippen LogP contribution >= 0.6 is 11.3 Å². The standard InChI is InChI=1S/C9H9N3O2S/c1-6-10-8(5-15-6)12-3-2-7(11-12)4-9(13)14/h2-3,5H,4H2,1H3,(H,13,14). The molecule has 0 aromatic carbocycles. The Labute approximate surface area is 90.0 Å². The molecule has 2 rings (SSSR count). The lowest BCUT2D eigenvalue weighted by molar-refractivity contribution is -0.136. The first-order chi connectivity index (χ1) is 7.15. The predicted molar refractivity (Wildman–Crippen MR) is 55.3 cm³/mol. The van der Waals surface area contributed by atoms with E-state index < -0.39 is 5.97 Å². The van der Waals surface area contributed by atoms with E-state index in [1.165, 1.54) is 11.3 Å².